The van der Waals surface area contributed by atoms with Crippen LogP contribution in [-0.2, 0) is 0 Å². The molecule has 68 valence electrons. The lowest BCUT2D eigenvalue weighted by molar-refractivity contribution is 0.895. The molecule has 0 aliphatic rings. The Hall–Kier alpha value is -1.13. The van der Waals surface area contributed by atoms with E-state index in [0.717, 1.165) is 5.56 Å². The zero-order valence-electron chi connectivity index (χ0n) is 7.32. The third-order valence-electron chi connectivity index (χ3n) is 1.95. The topological polar surface area (TPSA) is 54.7 Å². The lowest BCUT2D eigenvalue weighted by Gasteiger charge is -2.04. The van der Waals surface area contributed by atoms with Crippen molar-refractivity contribution in [3.63, 3.8) is 0 Å². The number of nitrogens with zero attached hydrogens (tertiary/aromatic N) is 1. The molecule has 0 saturated carbocycles. The molecule has 13 heavy (non-hydrogen) atoms. The van der Waals surface area contributed by atoms with E-state index in [1.807, 2.05) is 6.20 Å². The van der Waals surface area contributed by atoms with Crippen LogP contribution < -0.4 is 5.73 Å². The number of thiophene rings is 1. The number of nitrogens with two attached hydrogens (primary N) is 1. The average molecular weight is 193 g/mol. The van der Waals surface area contributed by atoms with Crippen LogP contribution >= 0.6 is 11.3 Å². The van der Waals surface area contributed by atoms with Gasteiger partial charge in [-0.25, -0.2) is 0 Å². The summed E-state index contributed by atoms with van der Waals surface area (Å²) in [5.41, 5.74) is 7.05. The maximum absolute atomic E-state index is 6.02. The lowest BCUT2D eigenvalue weighted by Crippen LogP contribution is -2.08. The number of rotatable bonds is 2. The Labute approximate surface area is 80.6 Å². The minimum absolute atomic E-state index is 0.0440. The van der Waals surface area contributed by atoms with Crippen molar-refractivity contribution in [1.29, 1.82) is 0 Å². The van der Waals surface area contributed by atoms with Gasteiger partial charge in [-0.3, -0.25) is 5.10 Å². The third kappa shape index (κ3) is 1.64. The van der Waals surface area contributed by atoms with Gasteiger partial charge in [-0.2, -0.15) is 5.10 Å². The highest BCUT2D eigenvalue weighted by Crippen LogP contribution is 2.25. The van der Waals surface area contributed by atoms with E-state index >= 15 is 0 Å². The first-order valence-corrected chi connectivity index (χ1v) is 4.89. The Balaban J connectivity index is 2.28. The van der Waals surface area contributed by atoms with Gasteiger partial charge >= 0.3 is 0 Å². The van der Waals surface area contributed by atoms with Gasteiger partial charge in [-0.1, -0.05) is 0 Å². The van der Waals surface area contributed by atoms with Crippen LogP contribution in [0.15, 0.2) is 24.5 Å². The molecule has 2 heterocycles. The van der Waals surface area contributed by atoms with E-state index in [0.29, 0.717) is 0 Å². The summed E-state index contributed by atoms with van der Waals surface area (Å²) in [6.07, 6.45) is 3.60. The molecule has 0 saturated heterocycles. The van der Waals surface area contributed by atoms with Gasteiger partial charge in [0.15, 0.2) is 0 Å². The largest absolute Gasteiger partial charge is 0.320 e. The summed E-state index contributed by atoms with van der Waals surface area (Å²) >= 11 is 1.73. The van der Waals surface area contributed by atoms with Crippen LogP contribution in [-0.4, -0.2) is 10.2 Å². The highest BCUT2D eigenvalue weighted by atomic mass is 32.1. The van der Waals surface area contributed by atoms with E-state index in [9.17, 15) is 0 Å². The van der Waals surface area contributed by atoms with Gasteiger partial charge in [-0.05, 0) is 19.1 Å². The fourth-order valence-electron chi connectivity index (χ4n) is 1.22. The van der Waals surface area contributed by atoms with Crippen molar-refractivity contribution in [2.75, 3.05) is 0 Å². The molecule has 0 spiro atoms. The molecule has 4 heteroatoms. The Morgan fingerprint density at radius 1 is 1.54 bits per heavy atom. The van der Waals surface area contributed by atoms with E-state index in [4.69, 9.17) is 5.73 Å². The summed E-state index contributed by atoms with van der Waals surface area (Å²) in [7, 11) is 0. The van der Waals surface area contributed by atoms with Crippen LogP contribution in [0.2, 0.25) is 0 Å². The Morgan fingerprint density at radius 3 is 2.92 bits per heavy atom. The number of hydrogen-bond donors (Lipinski definition) is 2. The Morgan fingerprint density at radius 2 is 2.38 bits per heavy atom. The van der Waals surface area contributed by atoms with Crippen molar-refractivity contribution in [1.82, 2.24) is 10.2 Å². The molecule has 0 aromatic carbocycles. The van der Waals surface area contributed by atoms with Crippen molar-refractivity contribution in [2.45, 2.75) is 13.0 Å². The molecule has 0 fully saturated rings. The summed E-state index contributed by atoms with van der Waals surface area (Å²) in [5.74, 6) is 0. The molecule has 0 aliphatic carbocycles. The predicted octanol–water partition coefficient (Wildman–Crippen LogP) is 1.83. The highest BCUT2D eigenvalue weighted by molar-refractivity contribution is 7.12. The summed E-state index contributed by atoms with van der Waals surface area (Å²) in [4.78, 5) is 2.47. The van der Waals surface area contributed by atoms with Crippen molar-refractivity contribution >= 4 is 11.3 Å². The van der Waals surface area contributed by atoms with Gasteiger partial charge in [-0.15, -0.1) is 11.3 Å². The molecule has 1 atom stereocenters. The van der Waals surface area contributed by atoms with Crippen molar-refractivity contribution in [3.8, 4) is 0 Å². The van der Waals surface area contributed by atoms with Gasteiger partial charge in [0.1, 0.15) is 0 Å². The van der Waals surface area contributed by atoms with Gasteiger partial charge in [0, 0.05) is 21.5 Å². The first-order valence-electron chi connectivity index (χ1n) is 4.08. The second-order valence-electron chi connectivity index (χ2n) is 2.96. The number of nitrogens with one attached hydrogen (secondary N) is 1. The SMILES string of the molecule is Cc1ccc(C(N)c2cn[nH]c2)s1. The highest BCUT2D eigenvalue weighted by Gasteiger charge is 2.10. The molecular formula is C9H11N3S. The van der Waals surface area contributed by atoms with Crippen molar-refractivity contribution < 1.29 is 0 Å². The first-order chi connectivity index (χ1) is 6.27. The predicted molar refractivity (Wildman–Crippen MR) is 53.7 cm³/mol. The van der Waals surface area contributed by atoms with Crippen LogP contribution in [0.1, 0.15) is 21.4 Å². The van der Waals surface area contributed by atoms with E-state index in [1.165, 1.54) is 9.75 Å². The molecule has 3 N–H and O–H groups in total. The van der Waals surface area contributed by atoms with Crippen LogP contribution in [0.25, 0.3) is 0 Å². The molecule has 2 aromatic rings. The smallest absolute Gasteiger partial charge is 0.0677 e. The fourth-order valence-corrected chi connectivity index (χ4v) is 2.12. The quantitative estimate of drug-likeness (QED) is 0.764. The minimum Gasteiger partial charge on any atom is -0.320 e. The maximum atomic E-state index is 6.02. The minimum atomic E-state index is -0.0440. The lowest BCUT2D eigenvalue weighted by atomic mass is 10.1. The molecule has 0 radical (unpaired) electrons. The van der Waals surface area contributed by atoms with Crippen molar-refractivity contribution in [2.24, 2.45) is 5.73 Å². The molecule has 0 aliphatic heterocycles. The van der Waals surface area contributed by atoms with Crippen LogP contribution in [0, 0.1) is 6.92 Å². The third-order valence-corrected chi connectivity index (χ3v) is 3.03. The van der Waals surface area contributed by atoms with Crippen LogP contribution in [0.4, 0.5) is 0 Å². The molecular weight excluding hydrogens is 182 g/mol. The second kappa shape index (κ2) is 3.32. The van der Waals surface area contributed by atoms with E-state index in [2.05, 4.69) is 29.3 Å². The molecule has 2 aromatic heterocycles. The zero-order valence-corrected chi connectivity index (χ0v) is 8.14. The van der Waals surface area contributed by atoms with Gasteiger partial charge in [0.2, 0.25) is 0 Å². The zero-order chi connectivity index (χ0) is 9.26. The summed E-state index contributed by atoms with van der Waals surface area (Å²) in [6, 6.07) is 4.11. The molecule has 1 unspecified atom stereocenters. The van der Waals surface area contributed by atoms with Gasteiger partial charge < -0.3 is 5.73 Å². The molecule has 3 nitrogen and oxygen atoms in total. The van der Waals surface area contributed by atoms with E-state index in [-0.39, 0.29) is 6.04 Å². The standard InChI is InChI=1S/C9H11N3S/c1-6-2-3-8(13-6)9(10)7-4-11-12-5-7/h2-5,9H,10H2,1H3,(H,11,12). The normalized spacial score (nSPS) is 13.1. The van der Waals surface area contributed by atoms with Crippen LogP contribution in [0.3, 0.4) is 0 Å². The first kappa shape index (κ1) is 8.47. The number of aryl methyl sites for hydroxylation is 1. The van der Waals surface area contributed by atoms with Crippen LogP contribution in [0.5, 0.6) is 0 Å². The van der Waals surface area contributed by atoms with Crippen molar-refractivity contribution in [3.05, 3.63) is 39.8 Å². The summed E-state index contributed by atoms with van der Waals surface area (Å²) in [6.45, 7) is 2.08. The monoisotopic (exact) mass is 193 g/mol. The number of H-pyrrole nitrogens is 1. The van der Waals surface area contributed by atoms with E-state index in [1.54, 1.807) is 17.5 Å². The number of aromatic nitrogens is 2. The Bertz CT molecular complexity index is 377. The average Bonchev–Trinajstić information content (AvgIpc) is 2.72. The van der Waals surface area contributed by atoms with E-state index < -0.39 is 0 Å². The summed E-state index contributed by atoms with van der Waals surface area (Å²) in [5, 5.41) is 6.64. The molecule has 0 bridgehead atoms. The maximum Gasteiger partial charge on any atom is 0.0677 e. The Kier molecular flexibility index (Phi) is 2.16. The molecule has 2 rings (SSSR count). The number of aromatic amines is 1. The molecule has 0 amide bonds. The second-order valence-corrected chi connectivity index (χ2v) is 4.28. The summed E-state index contributed by atoms with van der Waals surface area (Å²) < 4.78 is 0. The number of hydrogen-bond acceptors (Lipinski definition) is 3. The fraction of sp³-hybridized carbons (Fsp3) is 0.222. The van der Waals surface area contributed by atoms with Gasteiger partial charge in [0.05, 0.1) is 12.2 Å². The van der Waals surface area contributed by atoms with Gasteiger partial charge in [0.25, 0.3) is 0 Å².